The first kappa shape index (κ1) is 13.6. The second kappa shape index (κ2) is 5.97. The molecule has 0 atom stereocenters. The quantitative estimate of drug-likeness (QED) is 0.717. The van der Waals surface area contributed by atoms with Gasteiger partial charge in [-0.15, -0.1) is 0 Å². The maximum Gasteiger partial charge on any atom is 0.0794 e. The summed E-state index contributed by atoms with van der Waals surface area (Å²) in [6.45, 7) is 0. The van der Waals surface area contributed by atoms with Gasteiger partial charge in [-0.2, -0.15) is 0 Å². The third-order valence-corrected chi connectivity index (χ3v) is 3.79. The van der Waals surface area contributed by atoms with Crippen molar-refractivity contribution in [2.75, 3.05) is 11.1 Å². The van der Waals surface area contributed by atoms with Crippen molar-refractivity contribution in [1.29, 1.82) is 0 Å². The summed E-state index contributed by atoms with van der Waals surface area (Å²) in [5.74, 6) is 0. The van der Waals surface area contributed by atoms with Gasteiger partial charge < -0.3 is 11.1 Å². The van der Waals surface area contributed by atoms with Crippen molar-refractivity contribution >= 4 is 33.0 Å². The van der Waals surface area contributed by atoms with E-state index in [0.29, 0.717) is 5.69 Å². The van der Waals surface area contributed by atoms with E-state index in [9.17, 15) is 0 Å². The van der Waals surface area contributed by atoms with Gasteiger partial charge >= 0.3 is 0 Å². The van der Waals surface area contributed by atoms with Crippen LogP contribution in [0.25, 0.3) is 11.1 Å². The van der Waals surface area contributed by atoms with Crippen LogP contribution in [0.5, 0.6) is 0 Å². The SMILES string of the molecule is Nc1cncc(Br)c1Nc1ccc(-c2ccccc2)cc1. The van der Waals surface area contributed by atoms with Gasteiger partial charge in [-0.05, 0) is 39.2 Å². The fraction of sp³-hybridized carbons (Fsp3) is 0. The predicted molar refractivity (Wildman–Crippen MR) is 91.5 cm³/mol. The summed E-state index contributed by atoms with van der Waals surface area (Å²) in [6.07, 6.45) is 3.35. The Kier molecular flexibility index (Phi) is 3.88. The minimum Gasteiger partial charge on any atom is -0.396 e. The van der Waals surface area contributed by atoms with Gasteiger partial charge in [0.2, 0.25) is 0 Å². The molecule has 2 aromatic carbocycles. The largest absolute Gasteiger partial charge is 0.396 e. The lowest BCUT2D eigenvalue weighted by Crippen LogP contribution is -1.98. The van der Waals surface area contributed by atoms with Crippen LogP contribution in [-0.4, -0.2) is 4.98 Å². The molecule has 0 aliphatic rings. The Labute approximate surface area is 132 Å². The van der Waals surface area contributed by atoms with Crippen LogP contribution in [0, 0.1) is 0 Å². The topological polar surface area (TPSA) is 50.9 Å². The first-order chi connectivity index (χ1) is 10.2. The van der Waals surface area contributed by atoms with E-state index in [1.54, 1.807) is 12.4 Å². The standard InChI is InChI=1S/C17H14BrN3/c18-15-10-20-11-16(19)17(15)21-14-8-6-13(7-9-14)12-4-2-1-3-5-12/h1-11H,19H2,(H,20,21). The fourth-order valence-corrected chi connectivity index (χ4v) is 2.55. The zero-order valence-corrected chi connectivity index (χ0v) is 12.8. The molecule has 1 aromatic heterocycles. The number of halogens is 1. The molecule has 0 saturated heterocycles. The number of pyridine rings is 1. The highest BCUT2D eigenvalue weighted by Gasteiger charge is 2.05. The molecule has 0 bridgehead atoms. The van der Waals surface area contributed by atoms with E-state index >= 15 is 0 Å². The maximum atomic E-state index is 5.94. The molecule has 0 saturated carbocycles. The molecule has 21 heavy (non-hydrogen) atoms. The van der Waals surface area contributed by atoms with Crippen molar-refractivity contribution in [3.63, 3.8) is 0 Å². The molecule has 3 aromatic rings. The highest BCUT2D eigenvalue weighted by Crippen LogP contribution is 2.31. The number of nitrogen functional groups attached to an aromatic ring is 1. The molecule has 0 spiro atoms. The normalized spacial score (nSPS) is 10.3. The highest BCUT2D eigenvalue weighted by atomic mass is 79.9. The van der Waals surface area contributed by atoms with E-state index in [2.05, 4.69) is 50.5 Å². The van der Waals surface area contributed by atoms with Gasteiger partial charge in [-0.3, -0.25) is 4.98 Å². The lowest BCUT2D eigenvalue weighted by molar-refractivity contribution is 1.31. The zero-order valence-electron chi connectivity index (χ0n) is 11.3. The van der Waals surface area contributed by atoms with Crippen molar-refractivity contribution in [2.45, 2.75) is 0 Å². The first-order valence-electron chi connectivity index (χ1n) is 6.55. The molecular weight excluding hydrogens is 326 g/mol. The number of benzene rings is 2. The molecular formula is C17H14BrN3. The molecule has 1 heterocycles. The Balaban J connectivity index is 1.85. The molecule has 0 fully saturated rings. The van der Waals surface area contributed by atoms with Crippen molar-refractivity contribution in [1.82, 2.24) is 4.98 Å². The number of nitrogens with two attached hydrogens (primary N) is 1. The summed E-state index contributed by atoms with van der Waals surface area (Å²) in [5, 5.41) is 3.31. The number of hydrogen-bond acceptors (Lipinski definition) is 3. The van der Waals surface area contributed by atoms with Gasteiger partial charge in [-0.25, -0.2) is 0 Å². The molecule has 104 valence electrons. The number of rotatable bonds is 3. The molecule has 0 aliphatic carbocycles. The van der Waals surface area contributed by atoms with E-state index in [1.807, 2.05) is 30.3 Å². The average Bonchev–Trinajstić information content (AvgIpc) is 2.53. The van der Waals surface area contributed by atoms with Crippen LogP contribution < -0.4 is 11.1 Å². The Morgan fingerprint density at radius 2 is 1.52 bits per heavy atom. The number of nitrogens with zero attached hydrogens (tertiary/aromatic N) is 1. The van der Waals surface area contributed by atoms with Crippen molar-refractivity contribution in [3.05, 3.63) is 71.5 Å². The minimum atomic E-state index is 0.608. The van der Waals surface area contributed by atoms with E-state index in [0.717, 1.165) is 15.8 Å². The zero-order chi connectivity index (χ0) is 14.7. The maximum absolute atomic E-state index is 5.94. The first-order valence-corrected chi connectivity index (χ1v) is 7.35. The molecule has 3 nitrogen and oxygen atoms in total. The van der Waals surface area contributed by atoms with Crippen LogP contribution in [0.2, 0.25) is 0 Å². The smallest absolute Gasteiger partial charge is 0.0794 e. The number of nitrogens with one attached hydrogen (secondary N) is 1. The lowest BCUT2D eigenvalue weighted by Gasteiger charge is -2.11. The number of aromatic nitrogens is 1. The molecule has 0 unspecified atom stereocenters. The van der Waals surface area contributed by atoms with Crippen LogP contribution in [0.3, 0.4) is 0 Å². The van der Waals surface area contributed by atoms with Gasteiger partial charge in [-0.1, -0.05) is 42.5 Å². The third-order valence-electron chi connectivity index (χ3n) is 3.19. The predicted octanol–water partition coefficient (Wildman–Crippen LogP) is 4.84. The highest BCUT2D eigenvalue weighted by molar-refractivity contribution is 9.10. The van der Waals surface area contributed by atoms with Gasteiger partial charge in [0.1, 0.15) is 0 Å². The van der Waals surface area contributed by atoms with Crippen LogP contribution >= 0.6 is 15.9 Å². The molecule has 3 N–H and O–H groups in total. The van der Waals surface area contributed by atoms with E-state index in [1.165, 1.54) is 11.1 Å². The third kappa shape index (κ3) is 3.06. The average molecular weight is 340 g/mol. The van der Waals surface area contributed by atoms with Crippen molar-refractivity contribution in [3.8, 4) is 11.1 Å². The van der Waals surface area contributed by atoms with Gasteiger partial charge in [0.05, 0.1) is 22.0 Å². The number of hydrogen-bond donors (Lipinski definition) is 2. The monoisotopic (exact) mass is 339 g/mol. The molecule has 4 heteroatoms. The second-order valence-corrected chi connectivity index (χ2v) is 5.51. The van der Waals surface area contributed by atoms with Crippen LogP contribution in [0.4, 0.5) is 17.1 Å². The molecule has 0 amide bonds. The molecule has 0 aliphatic heterocycles. The Bertz CT molecular complexity index is 719. The summed E-state index contributed by atoms with van der Waals surface area (Å²) < 4.78 is 0.842. The van der Waals surface area contributed by atoms with E-state index < -0.39 is 0 Å². The Morgan fingerprint density at radius 1 is 0.857 bits per heavy atom. The van der Waals surface area contributed by atoms with Crippen molar-refractivity contribution in [2.24, 2.45) is 0 Å². The summed E-state index contributed by atoms with van der Waals surface area (Å²) in [4.78, 5) is 4.03. The van der Waals surface area contributed by atoms with Crippen LogP contribution in [-0.2, 0) is 0 Å². The summed E-state index contributed by atoms with van der Waals surface area (Å²) in [7, 11) is 0. The van der Waals surface area contributed by atoms with Crippen molar-refractivity contribution < 1.29 is 0 Å². The fourth-order valence-electron chi connectivity index (χ4n) is 2.10. The van der Waals surface area contributed by atoms with Crippen LogP contribution in [0.1, 0.15) is 0 Å². The lowest BCUT2D eigenvalue weighted by atomic mass is 10.1. The minimum absolute atomic E-state index is 0.608. The van der Waals surface area contributed by atoms with E-state index in [4.69, 9.17) is 5.73 Å². The molecule has 3 rings (SSSR count). The van der Waals surface area contributed by atoms with Gasteiger partial charge in [0.15, 0.2) is 0 Å². The summed E-state index contributed by atoms with van der Waals surface area (Å²) >= 11 is 3.45. The van der Waals surface area contributed by atoms with Crippen LogP contribution in [0.15, 0.2) is 71.5 Å². The Hall–Kier alpha value is -2.33. The second-order valence-electron chi connectivity index (χ2n) is 4.65. The Morgan fingerprint density at radius 3 is 2.19 bits per heavy atom. The summed E-state index contributed by atoms with van der Waals surface area (Å²) in [5.41, 5.74) is 10.7. The van der Waals surface area contributed by atoms with Gasteiger partial charge in [0.25, 0.3) is 0 Å². The van der Waals surface area contributed by atoms with Gasteiger partial charge in [0, 0.05) is 11.9 Å². The molecule has 0 radical (unpaired) electrons. The summed E-state index contributed by atoms with van der Waals surface area (Å²) in [6, 6.07) is 18.5. The van der Waals surface area contributed by atoms with E-state index in [-0.39, 0.29) is 0 Å². The number of anilines is 3.